The van der Waals surface area contributed by atoms with Gasteiger partial charge in [0.1, 0.15) is 0 Å². The number of hydrogen-bond donors (Lipinski definition) is 2. The number of H-pyrrole nitrogens is 1. The second-order valence-electron chi connectivity index (χ2n) is 6.33. The first-order valence-electron chi connectivity index (χ1n) is 8.42. The molecule has 0 saturated heterocycles. The fourth-order valence-electron chi connectivity index (χ4n) is 2.78. The fraction of sp³-hybridized carbons (Fsp3) is 0.421. The molecule has 0 unspecified atom stereocenters. The van der Waals surface area contributed by atoms with Crippen LogP contribution in [0.2, 0.25) is 0 Å². The number of nitrogens with zero attached hydrogens (tertiary/aromatic N) is 1. The van der Waals surface area contributed by atoms with Crippen LogP contribution in [0.25, 0.3) is 11.3 Å². The number of hydrogen-bond acceptors (Lipinski definition) is 2. The van der Waals surface area contributed by atoms with E-state index in [9.17, 15) is 4.79 Å². The third-order valence-corrected chi connectivity index (χ3v) is 4.41. The average Bonchev–Trinajstić information content (AvgIpc) is 3.32. The molecule has 0 radical (unpaired) electrons. The van der Waals surface area contributed by atoms with Gasteiger partial charge in [-0.1, -0.05) is 30.3 Å². The van der Waals surface area contributed by atoms with Crippen LogP contribution in [0, 0.1) is 0 Å². The number of aryl methyl sites for hydroxylation is 1. The molecule has 0 spiro atoms. The standard InChI is InChI=1S/C19H25N3O/c1-22(17-9-10-17)14-13-20-19(23)12-8-16-7-11-18(21-16)15-5-3-2-4-6-15/h2-7,11,17,21H,8-10,12-14H2,1H3,(H,20,23). The Morgan fingerprint density at radius 3 is 2.74 bits per heavy atom. The van der Waals surface area contributed by atoms with E-state index in [0.29, 0.717) is 6.42 Å². The van der Waals surface area contributed by atoms with Crippen LogP contribution >= 0.6 is 0 Å². The first-order chi connectivity index (χ1) is 11.2. The van der Waals surface area contributed by atoms with Crippen LogP contribution in [0.5, 0.6) is 0 Å². The van der Waals surface area contributed by atoms with E-state index in [4.69, 9.17) is 0 Å². The topological polar surface area (TPSA) is 48.1 Å². The molecule has 2 N–H and O–H groups in total. The van der Waals surface area contributed by atoms with E-state index in [0.717, 1.165) is 36.9 Å². The van der Waals surface area contributed by atoms with E-state index < -0.39 is 0 Å². The number of nitrogens with one attached hydrogen (secondary N) is 2. The molecule has 1 amide bonds. The number of amides is 1. The first-order valence-corrected chi connectivity index (χ1v) is 8.42. The van der Waals surface area contributed by atoms with E-state index in [1.165, 1.54) is 18.4 Å². The number of carbonyl (C=O) groups is 1. The monoisotopic (exact) mass is 311 g/mol. The summed E-state index contributed by atoms with van der Waals surface area (Å²) < 4.78 is 0. The van der Waals surface area contributed by atoms with Crippen molar-refractivity contribution in [3.05, 3.63) is 48.2 Å². The zero-order chi connectivity index (χ0) is 16.1. The summed E-state index contributed by atoms with van der Waals surface area (Å²) in [5.74, 6) is 0.130. The second-order valence-corrected chi connectivity index (χ2v) is 6.33. The summed E-state index contributed by atoms with van der Waals surface area (Å²) in [6.07, 6.45) is 3.89. The van der Waals surface area contributed by atoms with Crippen LogP contribution in [0.3, 0.4) is 0 Å². The van der Waals surface area contributed by atoms with Crippen molar-refractivity contribution in [2.24, 2.45) is 0 Å². The lowest BCUT2D eigenvalue weighted by molar-refractivity contribution is -0.121. The highest BCUT2D eigenvalue weighted by molar-refractivity contribution is 5.76. The van der Waals surface area contributed by atoms with Crippen LogP contribution < -0.4 is 5.32 Å². The number of benzene rings is 1. The molecule has 4 nitrogen and oxygen atoms in total. The molecule has 2 aromatic rings. The van der Waals surface area contributed by atoms with Gasteiger partial charge in [-0.3, -0.25) is 4.79 Å². The summed E-state index contributed by atoms with van der Waals surface area (Å²) in [4.78, 5) is 17.6. The highest BCUT2D eigenvalue weighted by atomic mass is 16.1. The molecule has 0 atom stereocenters. The number of aromatic nitrogens is 1. The summed E-state index contributed by atoms with van der Waals surface area (Å²) >= 11 is 0. The summed E-state index contributed by atoms with van der Waals surface area (Å²) in [6.45, 7) is 1.68. The van der Waals surface area contributed by atoms with Gasteiger partial charge in [-0.15, -0.1) is 0 Å². The largest absolute Gasteiger partial charge is 0.358 e. The van der Waals surface area contributed by atoms with Crippen molar-refractivity contribution in [2.75, 3.05) is 20.1 Å². The summed E-state index contributed by atoms with van der Waals surface area (Å²) in [5.41, 5.74) is 3.38. The Morgan fingerprint density at radius 1 is 1.22 bits per heavy atom. The number of aromatic amines is 1. The molecule has 122 valence electrons. The predicted octanol–water partition coefficient (Wildman–Crippen LogP) is 2.82. The first kappa shape index (κ1) is 15.8. The summed E-state index contributed by atoms with van der Waals surface area (Å²) in [5, 5.41) is 3.01. The molecule has 1 aromatic heterocycles. The van der Waals surface area contributed by atoms with E-state index in [2.05, 4.69) is 46.5 Å². The van der Waals surface area contributed by atoms with Gasteiger partial charge in [0.05, 0.1) is 0 Å². The molecule has 1 aliphatic carbocycles. The van der Waals surface area contributed by atoms with Gasteiger partial charge < -0.3 is 15.2 Å². The molecule has 1 fully saturated rings. The van der Waals surface area contributed by atoms with Gasteiger partial charge in [0.25, 0.3) is 0 Å². The maximum Gasteiger partial charge on any atom is 0.220 e. The maximum absolute atomic E-state index is 11.9. The van der Waals surface area contributed by atoms with E-state index >= 15 is 0 Å². The van der Waals surface area contributed by atoms with Crippen molar-refractivity contribution in [2.45, 2.75) is 31.7 Å². The summed E-state index contributed by atoms with van der Waals surface area (Å²) in [6, 6.07) is 15.1. The quantitative estimate of drug-likeness (QED) is 0.787. The van der Waals surface area contributed by atoms with Crippen molar-refractivity contribution in [1.82, 2.24) is 15.2 Å². The zero-order valence-corrected chi connectivity index (χ0v) is 13.7. The van der Waals surface area contributed by atoms with Crippen molar-refractivity contribution in [3.63, 3.8) is 0 Å². The van der Waals surface area contributed by atoms with E-state index in [-0.39, 0.29) is 5.91 Å². The lowest BCUT2D eigenvalue weighted by Crippen LogP contribution is -2.34. The molecule has 3 rings (SSSR count). The maximum atomic E-state index is 11.9. The Kier molecular flexibility index (Phi) is 5.13. The molecule has 1 heterocycles. The van der Waals surface area contributed by atoms with Crippen molar-refractivity contribution >= 4 is 5.91 Å². The van der Waals surface area contributed by atoms with Gasteiger partial charge in [0.15, 0.2) is 0 Å². The highest BCUT2D eigenvalue weighted by Crippen LogP contribution is 2.24. The van der Waals surface area contributed by atoms with Crippen molar-refractivity contribution in [1.29, 1.82) is 0 Å². The molecule has 1 aromatic carbocycles. The molecule has 0 aliphatic heterocycles. The van der Waals surface area contributed by atoms with Gasteiger partial charge in [0.2, 0.25) is 5.91 Å². The lowest BCUT2D eigenvalue weighted by Gasteiger charge is -2.15. The minimum absolute atomic E-state index is 0.130. The Hall–Kier alpha value is -2.07. The van der Waals surface area contributed by atoms with Gasteiger partial charge in [-0.25, -0.2) is 0 Å². The second kappa shape index (κ2) is 7.47. The van der Waals surface area contributed by atoms with Gasteiger partial charge in [-0.05, 0) is 44.0 Å². The highest BCUT2D eigenvalue weighted by Gasteiger charge is 2.25. The predicted molar refractivity (Wildman–Crippen MR) is 93.2 cm³/mol. The third-order valence-electron chi connectivity index (χ3n) is 4.41. The summed E-state index contributed by atoms with van der Waals surface area (Å²) in [7, 11) is 2.13. The van der Waals surface area contributed by atoms with E-state index in [1.807, 2.05) is 18.2 Å². The minimum Gasteiger partial charge on any atom is -0.358 e. The van der Waals surface area contributed by atoms with Crippen LogP contribution in [0.4, 0.5) is 0 Å². The smallest absolute Gasteiger partial charge is 0.220 e. The van der Waals surface area contributed by atoms with Gasteiger partial charge in [0, 0.05) is 36.9 Å². The lowest BCUT2D eigenvalue weighted by atomic mass is 10.2. The molecular formula is C19H25N3O. The van der Waals surface area contributed by atoms with Gasteiger partial charge >= 0.3 is 0 Å². The molecular weight excluding hydrogens is 286 g/mol. The normalized spacial score (nSPS) is 14.2. The fourth-order valence-corrected chi connectivity index (χ4v) is 2.78. The Balaban J connectivity index is 1.39. The Morgan fingerprint density at radius 2 is 2.00 bits per heavy atom. The molecule has 4 heteroatoms. The SMILES string of the molecule is CN(CCNC(=O)CCc1ccc(-c2ccccc2)[nH]1)C1CC1. The van der Waals surface area contributed by atoms with Crippen molar-refractivity contribution < 1.29 is 4.79 Å². The molecule has 0 bridgehead atoms. The Labute approximate surface area is 137 Å². The van der Waals surface area contributed by atoms with Crippen LogP contribution in [0.1, 0.15) is 25.0 Å². The van der Waals surface area contributed by atoms with Crippen LogP contribution in [-0.4, -0.2) is 42.0 Å². The Bertz CT molecular complexity index is 631. The van der Waals surface area contributed by atoms with Gasteiger partial charge in [-0.2, -0.15) is 0 Å². The zero-order valence-electron chi connectivity index (χ0n) is 13.7. The number of likely N-dealkylation sites (N-methyl/N-ethyl adjacent to an activating group) is 1. The molecule has 23 heavy (non-hydrogen) atoms. The number of carbonyl (C=O) groups excluding carboxylic acids is 1. The molecule has 1 saturated carbocycles. The third kappa shape index (κ3) is 4.70. The molecule has 1 aliphatic rings. The average molecular weight is 311 g/mol. The van der Waals surface area contributed by atoms with Crippen molar-refractivity contribution in [3.8, 4) is 11.3 Å². The van der Waals surface area contributed by atoms with Crippen LogP contribution in [0.15, 0.2) is 42.5 Å². The minimum atomic E-state index is 0.130. The van der Waals surface area contributed by atoms with Crippen LogP contribution in [-0.2, 0) is 11.2 Å². The van der Waals surface area contributed by atoms with E-state index in [1.54, 1.807) is 0 Å². The number of rotatable bonds is 8.